The van der Waals surface area contributed by atoms with Gasteiger partial charge in [-0.05, 0) is 35.7 Å². The molecule has 0 heterocycles. The van der Waals surface area contributed by atoms with Crippen molar-refractivity contribution in [2.45, 2.75) is 26.7 Å². The molecule has 0 aliphatic rings. The Morgan fingerprint density at radius 1 is 1.08 bits per heavy atom. The van der Waals surface area contributed by atoms with Crippen molar-refractivity contribution in [2.75, 3.05) is 18.0 Å². The molecule has 1 N–H and O–H groups in total. The molecule has 0 aliphatic heterocycles. The third-order valence-corrected chi connectivity index (χ3v) is 4.23. The van der Waals surface area contributed by atoms with Crippen LogP contribution < -0.4 is 10.2 Å². The molecule has 0 fully saturated rings. The van der Waals surface area contributed by atoms with Crippen LogP contribution in [0.3, 0.4) is 0 Å². The SMILES string of the molecule is CCc1ccccc1N(CCNC(=O)Cc1ccc(Cl)cc1)C(C)=O. The van der Waals surface area contributed by atoms with Gasteiger partial charge in [-0.15, -0.1) is 0 Å². The Labute approximate surface area is 153 Å². The lowest BCUT2D eigenvalue weighted by molar-refractivity contribution is -0.121. The van der Waals surface area contributed by atoms with Crippen molar-refractivity contribution in [1.82, 2.24) is 5.32 Å². The number of halogens is 1. The summed E-state index contributed by atoms with van der Waals surface area (Å²) in [6, 6.07) is 15.0. The van der Waals surface area contributed by atoms with Gasteiger partial charge in [0.2, 0.25) is 11.8 Å². The van der Waals surface area contributed by atoms with E-state index in [0.29, 0.717) is 24.5 Å². The first-order valence-corrected chi connectivity index (χ1v) is 8.76. The van der Waals surface area contributed by atoms with Crippen LogP contribution in [0.1, 0.15) is 25.0 Å². The molecule has 0 atom stereocenters. The second kappa shape index (κ2) is 9.23. The average molecular weight is 359 g/mol. The van der Waals surface area contributed by atoms with Gasteiger partial charge in [-0.1, -0.05) is 48.9 Å². The maximum Gasteiger partial charge on any atom is 0.224 e. The van der Waals surface area contributed by atoms with Gasteiger partial charge >= 0.3 is 0 Å². The molecular formula is C20H23ClN2O2. The van der Waals surface area contributed by atoms with E-state index in [1.54, 1.807) is 24.0 Å². The lowest BCUT2D eigenvalue weighted by atomic mass is 10.1. The van der Waals surface area contributed by atoms with Gasteiger partial charge in [0.05, 0.1) is 6.42 Å². The highest BCUT2D eigenvalue weighted by molar-refractivity contribution is 6.30. The Balaban J connectivity index is 1.92. The molecule has 25 heavy (non-hydrogen) atoms. The summed E-state index contributed by atoms with van der Waals surface area (Å²) in [5.41, 5.74) is 2.93. The fourth-order valence-electron chi connectivity index (χ4n) is 2.68. The molecule has 2 amide bonds. The molecule has 2 aromatic rings. The number of benzene rings is 2. The number of nitrogens with zero attached hydrogens (tertiary/aromatic N) is 1. The average Bonchev–Trinajstić information content (AvgIpc) is 2.60. The molecule has 4 nitrogen and oxygen atoms in total. The van der Waals surface area contributed by atoms with Crippen LogP contribution in [0.15, 0.2) is 48.5 Å². The molecule has 0 unspecified atom stereocenters. The molecule has 2 rings (SSSR count). The third kappa shape index (κ3) is 5.61. The molecule has 0 saturated carbocycles. The van der Waals surface area contributed by atoms with Gasteiger partial charge in [0.1, 0.15) is 0 Å². The Morgan fingerprint density at radius 3 is 2.40 bits per heavy atom. The highest BCUT2D eigenvalue weighted by Gasteiger charge is 2.14. The second-order valence-electron chi connectivity index (χ2n) is 5.81. The Morgan fingerprint density at radius 2 is 1.76 bits per heavy atom. The predicted molar refractivity (Wildman–Crippen MR) is 102 cm³/mol. The van der Waals surface area contributed by atoms with Crippen molar-refractivity contribution in [3.8, 4) is 0 Å². The van der Waals surface area contributed by atoms with Crippen LogP contribution in [0.5, 0.6) is 0 Å². The second-order valence-corrected chi connectivity index (χ2v) is 6.24. The molecule has 132 valence electrons. The van der Waals surface area contributed by atoms with E-state index in [9.17, 15) is 9.59 Å². The van der Waals surface area contributed by atoms with Crippen molar-refractivity contribution < 1.29 is 9.59 Å². The molecule has 0 saturated heterocycles. The summed E-state index contributed by atoms with van der Waals surface area (Å²) in [5.74, 6) is -0.109. The summed E-state index contributed by atoms with van der Waals surface area (Å²) >= 11 is 5.84. The Bertz CT molecular complexity index is 729. The molecule has 5 heteroatoms. The Hall–Kier alpha value is -2.33. The first kappa shape index (κ1) is 19.0. The largest absolute Gasteiger partial charge is 0.354 e. The number of nitrogens with one attached hydrogen (secondary N) is 1. The molecule has 0 spiro atoms. The molecule has 0 aliphatic carbocycles. The summed E-state index contributed by atoms with van der Waals surface area (Å²) in [4.78, 5) is 25.8. The van der Waals surface area contributed by atoms with Crippen LogP contribution in [-0.4, -0.2) is 24.9 Å². The molecule has 0 bridgehead atoms. The number of para-hydroxylation sites is 1. The monoisotopic (exact) mass is 358 g/mol. The van der Waals surface area contributed by atoms with E-state index in [2.05, 4.69) is 12.2 Å². The normalized spacial score (nSPS) is 10.4. The molecule has 0 aromatic heterocycles. The van der Waals surface area contributed by atoms with Crippen molar-refractivity contribution in [3.05, 3.63) is 64.7 Å². The minimum Gasteiger partial charge on any atom is -0.354 e. The van der Waals surface area contributed by atoms with Gasteiger partial charge in [0.25, 0.3) is 0 Å². The van der Waals surface area contributed by atoms with Crippen LogP contribution in [0.4, 0.5) is 5.69 Å². The fraction of sp³-hybridized carbons (Fsp3) is 0.300. The smallest absolute Gasteiger partial charge is 0.224 e. The van der Waals surface area contributed by atoms with E-state index in [-0.39, 0.29) is 11.8 Å². The summed E-state index contributed by atoms with van der Waals surface area (Å²) in [6.07, 6.45) is 1.14. The molecule has 0 radical (unpaired) electrons. The van der Waals surface area contributed by atoms with E-state index in [1.807, 2.05) is 36.4 Å². The topological polar surface area (TPSA) is 49.4 Å². The van der Waals surface area contributed by atoms with E-state index < -0.39 is 0 Å². The highest BCUT2D eigenvalue weighted by atomic mass is 35.5. The maximum absolute atomic E-state index is 12.1. The Kier molecular flexibility index (Phi) is 7.02. The van der Waals surface area contributed by atoms with Gasteiger partial charge in [0.15, 0.2) is 0 Å². The minimum atomic E-state index is -0.0744. The quantitative estimate of drug-likeness (QED) is 0.821. The van der Waals surface area contributed by atoms with Crippen LogP contribution >= 0.6 is 11.6 Å². The highest BCUT2D eigenvalue weighted by Crippen LogP contribution is 2.20. The van der Waals surface area contributed by atoms with Gasteiger partial charge < -0.3 is 10.2 Å². The number of hydrogen-bond donors (Lipinski definition) is 1. The van der Waals surface area contributed by atoms with E-state index in [1.165, 1.54) is 0 Å². The summed E-state index contributed by atoms with van der Waals surface area (Å²) in [6.45, 7) is 4.45. The van der Waals surface area contributed by atoms with Gasteiger partial charge in [0, 0.05) is 30.7 Å². The summed E-state index contributed by atoms with van der Waals surface area (Å²) in [5, 5.41) is 3.52. The maximum atomic E-state index is 12.1. The third-order valence-electron chi connectivity index (χ3n) is 3.98. The van der Waals surface area contributed by atoms with E-state index in [4.69, 9.17) is 11.6 Å². The zero-order valence-electron chi connectivity index (χ0n) is 14.6. The first-order valence-electron chi connectivity index (χ1n) is 8.38. The number of carbonyl (C=O) groups is 2. The number of rotatable bonds is 7. The molecule has 2 aromatic carbocycles. The van der Waals surface area contributed by atoms with Crippen molar-refractivity contribution in [3.63, 3.8) is 0 Å². The molecular weight excluding hydrogens is 336 g/mol. The number of hydrogen-bond acceptors (Lipinski definition) is 2. The number of anilines is 1. The zero-order chi connectivity index (χ0) is 18.2. The van der Waals surface area contributed by atoms with Gasteiger partial charge in [-0.2, -0.15) is 0 Å². The van der Waals surface area contributed by atoms with Crippen molar-refractivity contribution in [2.24, 2.45) is 0 Å². The van der Waals surface area contributed by atoms with E-state index in [0.717, 1.165) is 23.2 Å². The zero-order valence-corrected chi connectivity index (χ0v) is 15.3. The van der Waals surface area contributed by atoms with Crippen molar-refractivity contribution >= 4 is 29.1 Å². The van der Waals surface area contributed by atoms with Crippen LogP contribution in [0.25, 0.3) is 0 Å². The summed E-state index contributed by atoms with van der Waals surface area (Å²) < 4.78 is 0. The lowest BCUT2D eigenvalue weighted by Crippen LogP contribution is -2.38. The summed E-state index contributed by atoms with van der Waals surface area (Å²) in [7, 11) is 0. The predicted octanol–water partition coefficient (Wildman–Crippen LogP) is 3.61. The standard InChI is InChI=1S/C20H23ClN2O2/c1-3-17-6-4-5-7-19(17)23(15(2)24)13-12-22-20(25)14-16-8-10-18(21)11-9-16/h4-11H,3,12-14H2,1-2H3,(H,22,25). The van der Waals surface area contributed by atoms with Gasteiger partial charge in [-0.25, -0.2) is 0 Å². The van der Waals surface area contributed by atoms with Crippen molar-refractivity contribution in [1.29, 1.82) is 0 Å². The van der Waals surface area contributed by atoms with E-state index >= 15 is 0 Å². The number of amides is 2. The number of aryl methyl sites for hydroxylation is 1. The van der Waals surface area contributed by atoms with Crippen LogP contribution in [-0.2, 0) is 22.4 Å². The van der Waals surface area contributed by atoms with Crippen LogP contribution in [0, 0.1) is 0 Å². The minimum absolute atomic E-state index is 0.0344. The van der Waals surface area contributed by atoms with Crippen LogP contribution in [0.2, 0.25) is 5.02 Å². The first-order chi connectivity index (χ1) is 12.0. The lowest BCUT2D eigenvalue weighted by Gasteiger charge is -2.24. The number of carbonyl (C=O) groups excluding carboxylic acids is 2. The fourth-order valence-corrected chi connectivity index (χ4v) is 2.80. The van der Waals surface area contributed by atoms with Gasteiger partial charge in [-0.3, -0.25) is 9.59 Å².